The molecule has 1 aliphatic rings. The number of ether oxygens (including phenoxy) is 3. The van der Waals surface area contributed by atoms with Gasteiger partial charge in [-0.3, -0.25) is 4.79 Å². The van der Waals surface area contributed by atoms with Crippen molar-refractivity contribution in [2.75, 3.05) is 6.61 Å². The fraction of sp³-hybridized carbons (Fsp3) is 0.286. The summed E-state index contributed by atoms with van der Waals surface area (Å²) in [5, 5.41) is 0. The third-order valence-electron chi connectivity index (χ3n) is 2.56. The molecule has 0 bridgehead atoms. The van der Waals surface area contributed by atoms with Gasteiger partial charge in [0.1, 0.15) is 5.83 Å². The Kier molecular flexibility index (Phi) is 4.47. The summed E-state index contributed by atoms with van der Waals surface area (Å²) in [7, 11) is 0. The summed E-state index contributed by atoms with van der Waals surface area (Å²) in [4.78, 5) is 22.5. The molecular weight excluding hydrogens is 267 g/mol. The van der Waals surface area contributed by atoms with Crippen LogP contribution in [-0.4, -0.2) is 30.9 Å². The standard InChI is InChI=1S/C14H13FO5/c1-9(16)19-13-7-11(15)12(8-18-13)20-14(17)10-5-3-2-4-6-10/h2-7,12-13H,8H2,1H3/t12-,13?/m1/s1. The summed E-state index contributed by atoms with van der Waals surface area (Å²) in [6.45, 7) is 0.982. The number of hydrogen-bond acceptors (Lipinski definition) is 5. The minimum Gasteiger partial charge on any atom is -0.449 e. The van der Waals surface area contributed by atoms with Crippen LogP contribution in [0.5, 0.6) is 0 Å². The van der Waals surface area contributed by atoms with Crippen LogP contribution in [0.15, 0.2) is 42.2 Å². The predicted octanol–water partition coefficient (Wildman–Crippen LogP) is 1.98. The Morgan fingerprint density at radius 3 is 2.55 bits per heavy atom. The van der Waals surface area contributed by atoms with Crippen LogP contribution < -0.4 is 0 Å². The van der Waals surface area contributed by atoms with E-state index in [1.807, 2.05) is 0 Å². The van der Waals surface area contributed by atoms with E-state index in [4.69, 9.17) is 9.47 Å². The van der Waals surface area contributed by atoms with E-state index in [0.29, 0.717) is 5.56 Å². The topological polar surface area (TPSA) is 61.8 Å². The Labute approximate surface area is 114 Å². The second-order valence-electron chi connectivity index (χ2n) is 4.12. The van der Waals surface area contributed by atoms with Gasteiger partial charge in [0.05, 0.1) is 12.2 Å². The lowest BCUT2D eigenvalue weighted by atomic mass is 10.2. The molecule has 1 aromatic carbocycles. The van der Waals surface area contributed by atoms with Gasteiger partial charge >= 0.3 is 11.9 Å². The maximum Gasteiger partial charge on any atom is 0.338 e. The number of hydrogen-bond donors (Lipinski definition) is 0. The highest BCUT2D eigenvalue weighted by Crippen LogP contribution is 2.20. The summed E-state index contributed by atoms with van der Waals surface area (Å²) in [6.07, 6.45) is -1.25. The minimum atomic E-state index is -1.13. The number of rotatable bonds is 3. The first-order valence-corrected chi connectivity index (χ1v) is 5.98. The summed E-state index contributed by atoms with van der Waals surface area (Å²) < 4.78 is 28.5. The Balaban J connectivity index is 1.98. The van der Waals surface area contributed by atoms with Crippen molar-refractivity contribution >= 4 is 11.9 Å². The van der Waals surface area contributed by atoms with E-state index in [-0.39, 0.29) is 6.61 Å². The van der Waals surface area contributed by atoms with Crippen molar-refractivity contribution in [3.05, 3.63) is 47.8 Å². The molecule has 2 atom stereocenters. The summed E-state index contributed by atoms with van der Waals surface area (Å²) in [6, 6.07) is 8.24. The van der Waals surface area contributed by atoms with Crippen molar-refractivity contribution in [1.82, 2.24) is 0 Å². The van der Waals surface area contributed by atoms with E-state index in [2.05, 4.69) is 4.74 Å². The molecule has 1 heterocycles. The average Bonchev–Trinajstić information content (AvgIpc) is 2.42. The van der Waals surface area contributed by atoms with Crippen molar-refractivity contribution in [1.29, 1.82) is 0 Å². The molecular formula is C14H13FO5. The van der Waals surface area contributed by atoms with E-state index in [9.17, 15) is 14.0 Å². The molecule has 1 aromatic rings. The molecule has 0 fully saturated rings. The average molecular weight is 280 g/mol. The molecule has 106 valence electrons. The molecule has 0 aromatic heterocycles. The van der Waals surface area contributed by atoms with Crippen molar-refractivity contribution in [3.8, 4) is 0 Å². The summed E-state index contributed by atoms with van der Waals surface area (Å²) >= 11 is 0. The van der Waals surface area contributed by atoms with Crippen LogP contribution in [0.2, 0.25) is 0 Å². The van der Waals surface area contributed by atoms with E-state index in [1.165, 1.54) is 6.92 Å². The van der Waals surface area contributed by atoms with Crippen molar-refractivity contribution in [2.45, 2.75) is 19.3 Å². The van der Waals surface area contributed by atoms with E-state index in [0.717, 1.165) is 6.08 Å². The Morgan fingerprint density at radius 1 is 1.25 bits per heavy atom. The second kappa shape index (κ2) is 6.29. The van der Waals surface area contributed by atoms with Crippen molar-refractivity contribution < 1.29 is 28.2 Å². The molecule has 20 heavy (non-hydrogen) atoms. The van der Waals surface area contributed by atoms with Crippen LogP contribution in [0, 0.1) is 0 Å². The van der Waals surface area contributed by atoms with Gasteiger partial charge in [-0.05, 0) is 12.1 Å². The number of esters is 2. The molecule has 0 spiro atoms. The van der Waals surface area contributed by atoms with Gasteiger partial charge in [0, 0.05) is 13.0 Å². The van der Waals surface area contributed by atoms with Crippen molar-refractivity contribution in [3.63, 3.8) is 0 Å². The molecule has 2 rings (SSSR count). The minimum absolute atomic E-state index is 0.209. The van der Waals surface area contributed by atoms with E-state index >= 15 is 0 Å². The summed E-state index contributed by atoms with van der Waals surface area (Å²) in [5.41, 5.74) is 0.322. The third kappa shape index (κ3) is 3.64. The maximum absolute atomic E-state index is 13.7. The van der Waals surface area contributed by atoms with Crippen molar-refractivity contribution in [2.24, 2.45) is 0 Å². The zero-order chi connectivity index (χ0) is 14.5. The van der Waals surface area contributed by atoms with Gasteiger partial charge in [-0.25, -0.2) is 9.18 Å². The van der Waals surface area contributed by atoms with Crippen LogP contribution in [0.1, 0.15) is 17.3 Å². The van der Waals surface area contributed by atoms with Gasteiger partial charge in [0.15, 0.2) is 6.10 Å². The fourth-order valence-corrected chi connectivity index (χ4v) is 1.64. The Bertz CT molecular complexity index is 526. The number of halogens is 1. The predicted molar refractivity (Wildman–Crippen MR) is 66.3 cm³/mol. The lowest BCUT2D eigenvalue weighted by Gasteiger charge is -2.24. The lowest BCUT2D eigenvalue weighted by Crippen LogP contribution is -2.33. The van der Waals surface area contributed by atoms with Crippen LogP contribution in [0.3, 0.4) is 0 Å². The highest BCUT2D eigenvalue weighted by molar-refractivity contribution is 5.89. The van der Waals surface area contributed by atoms with E-state index < -0.39 is 30.2 Å². The highest BCUT2D eigenvalue weighted by atomic mass is 19.1. The maximum atomic E-state index is 13.7. The molecule has 0 amide bonds. The second-order valence-corrected chi connectivity index (χ2v) is 4.12. The first-order chi connectivity index (χ1) is 9.56. The van der Waals surface area contributed by atoms with Gasteiger partial charge in [0.2, 0.25) is 6.29 Å². The zero-order valence-corrected chi connectivity index (χ0v) is 10.7. The van der Waals surface area contributed by atoms with Crippen LogP contribution in [0.4, 0.5) is 4.39 Å². The highest BCUT2D eigenvalue weighted by Gasteiger charge is 2.28. The Hall–Kier alpha value is -2.21. The van der Waals surface area contributed by atoms with Gasteiger partial charge in [-0.15, -0.1) is 0 Å². The first kappa shape index (κ1) is 14.2. The number of carbonyl (C=O) groups excluding carboxylic acids is 2. The van der Waals surface area contributed by atoms with Crippen LogP contribution in [-0.2, 0) is 19.0 Å². The number of carbonyl (C=O) groups is 2. The normalized spacial score (nSPS) is 21.8. The molecule has 0 saturated heterocycles. The molecule has 0 saturated carbocycles. The van der Waals surface area contributed by atoms with Crippen LogP contribution >= 0.6 is 0 Å². The quantitative estimate of drug-likeness (QED) is 0.792. The molecule has 1 aliphatic heterocycles. The van der Waals surface area contributed by atoms with Gasteiger partial charge in [-0.1, -0.05) is 18.2 Å². The zero-order valence-electron chi connectivity index (χ0n) is 10.7. The fourth-order valence-electron chi connectivity index (χ4n) is 1.64. The molecule has 5 nitrogen and oxygen atoms in total. The lowest BCUT2D eigenvalue weighted by molar-refractivity contribution is -0.173. The van der Waals surface area contributed by atoms with Gasteiger partial charge in [-0.2, -0.15) is 0 Å². The molecule has 0 N–H and O–H groups in total. The first-order valence-electron chi connectivity index (χ1n) is 5.98. The Morgan fingerprint density at radius 2 is 1.95 bits per heavy atom. The third-order valence-corrected chi connectivity index (χ3v) is 2.56. The smallest absolute Gasteiger partial charge is 0.338 e. The molecule has 6 heteroatoms. The summed E-state index contributed by atoms with van der Waals surface area (Å²) in [5.74, 6) is -1.93. The molecule has 0 aliphatic carbocycles. The SMILES string of the molecule is CC(=O)OC1C=C(F)[C@H](OC(=O)c2ccccc2)CO1. The monoisotopic (exact) mass is 280 g/mol. The largest absolute Gasteiger partial charge is 0.449 e. The van der Waals surface area contributed by atoms with Gasteiger partial charge < -0.3 is 14.2 Å². The van der Waals surface area contributed by atoms with Gasteiger partial charge in [0.25, 0.3) is 0 Å². The van der Waals surface area contributed by atoms with Crippen LogP contribution in [0.25, 0.3) is 0 Å². The van der Waals surface area contributed by atoms with E-state index in [1.54, 1.807) is 30.3 Å². The molecule has 1 unspecified atom stereocenters. The molecule has 0 radical (unpaired) electrons. The number of benzene rings is 1.